The zero-order valence-corrected chi connectivity index (χ0v) is 11.6. The Bertz CT molecular complexity index is 813. The third kappa shape index (κ3) is 2.88. The second-order valence-electron chi connectivity index (χ2n) is 4.98. The largest absolute Gasteiger partial charge is 0.343 e. The number of nitro groups is 1. The molecule has 0 spiro atoms. The molecule has 0 saturated heterocycles. The Labute approximate surface area is 126 Å². The van der Waals surface area contributed by atoms with E-state index < -0.39 is 10.7 Å². The quantitative estimate of drug-likeness (QED) is 0.533. The SMILES string of the molecule is O=[N+]([O-])c1cn(Cc2ccccc2)cc1-c1cccc(F)c1. The van der Waals surface area contributed by atoms with Crippen LogP contribution in [0.2, 0.25) is 0 Å². The summed E-state index contributed by atoms with van der Waals surface area (Å²) in [5.41, 5.74) is 1.93. The molecule has 0 fully saturated rings. The van der Waals surface area contributed by atoms with E-state index in [2.05, 4.69) is 0 Å². The van der Waals surface area contributed by atoms with E-state index in [4.69, 9.17) is 0 Å². The van der Waals surface area contributed by atoms with Crippen molar-refractivity contribution in [1.82, 2.24) is 4.57 Å². The second-order valence-corrected chi connectivity index (χ2v) is 4.98. The number of aromatic nitrogens is 1. The van der Waals surface area contributed by atoms with Crippen molar-refractivity contribution in [3.05, 3.63) is 88.5 Å². The lowest BCUT2D eigenvalue weighted by Crippen LogP contribution is -1.95. The Hall–Kier alpha value is -2.95. The molecular formula is C17H13FN2O2. The molecule has 0 aliphatic carbocycles. The molecule has 1 heterocycles. The second kappa shape index (κ2) is 5.81. The van der Waals surface area contributed by atoms with Crippen molar-refractivity contribution < 1.29 is 9.31 Å². The molecule has 0 aliphatic heterocycles. The average Bonchev–Trinajstić information content (AvgIpc) is 2.92. The third-order valence-electron chi connectivity index (χ3n) is 3.40. The maximum atomic E-state index is 13.4. The molecule has 110 valence electrons. The van der Waals surface area contributed by atoms with Gasteiger partial charge in [0.15, 0.2) is 0 Å². The Morgan fingerprint density at radius 1 is 1.05 bits per heavy atom. The fourth-order valence-corrected chi connectivity index (χ4v) is 2.41. The molecule has 3 rings (SSSR count). The third-order valence-corrected chi connectivity index (χ3v) is 3.40. The molecule has 2 aromatic carbocycles. The van der Waals surface area contributed by atoms with Gasteiger partial charge in [-0.3, -0.25) is 10.1 Å². The minimum absolute atomic E-state index is 0.0264. The first-order valence-corrected chi connectivity index (χ1v) is 6.77. The van der Waals surface area contributed by atoms with Gasteiger partial charge in [-0.2, -0.15) is 0 Å². The Morgan fingerprint density at radius 2 is 1.82 bits per heavy atom. The van der Waals surface area contributed by atoms with Crippen molar-refractivity contribution in [3.63, 3.8) is 0 Å². The minimum Gasteiger partial charge on any atom is -0.343 e. The molecule has 1 aromatic heterocycles. The van der Waals surface area contributed by atoms with Gasteiger partial charge in [-0.1, -0.05) is 42.5 Å². The number of halogens is 1. The van der Waals surface area contributed by atoms with E-state index >= 15 is 0 Å². The van der Waals surface area contributed by atoms with Crippen LogP contribution in [0.25, 0.3) is 11.1 Å². The summed E-state index contributed by atoms with van der Waals surface area (Å²) in [4.78, 5) is 10.8. The summed E-state index contributed by atoms with van der Waals surface area (Å²) in [6, 6.07) is 15.5. The van der Waals surface area contributed by atoms with Crippen LogP contribution in [-0.4, -0.2) is 9.49 Å². The van der Waals surface area contributed by atoms with Crippen LogP contribution in [-0.2, 0) is 6.54 Å². The lowest BCUT2D eigenvalue weighted by Gasteiger charge is -2.02. The highest BCUT2D eigenvalue weighted by atomic mass is 19.1. The van der Waals surface area contributed by atoms with Crippen LogP contribution in [0.5, 0.6) is 0 Å². The van der Waals surface area contributed by atoms with Crippen molar-refractivity contribution in [1.29, 1.82) is 0 Å². The molecule has 0 amide bonds. The van der Waals surface area contributed by atoms with Gasteiger partial charge in [0.05, 0.1) is 16.7 Å². The van der Waals surface area contributed by atoms with E-state index in [1.54, 1.807) is 22.9 Å². The number of benzene rings is 2. The van der Waals surface area contributed by atoms with Gasteiger partial charge in [0, 0.05) is 12.7 Å². The molecule has 0 aliphatic rings. The highest BCUT2D eigenvalue weighted by molar-refractivity contribution is 5.73. The van der Waals surface area contributed by atoms with Gasteiger partial charge in [-0.05, 0) is 23.3 Å². The minimum atomic E-state index is -0.443. The highest BCUT2D eigenvalue weighted by Gasteiger charge is 2.19. The lowest BCUT2D eigenvalue weighted by molar-refractivity contribution is -0.384. The van der Waals surface area contributed by atoms with Crippen LogP contribution in [0.4, 0.5) is 10.1 Å². The average molecular weight is 296 g/mol. The van der Waals surface area contributed by atoms with E-state index in [1.165, 1.54) is 18.3 Å². The van der Waals surface area contributed by atoms with Crippen molar-refractivity contribution in [2.75, 3.05) is 0 Å². The van der Waals surface area contributed by atoms with Crippen LogP contribution >= 0.6 is 0 Å². The van der Waals surface area contributed by atoms with Gasteiger partial charge in [-0.25, -0.2) is 4.39 Å². The first kappa shape index (κ1) is 14.0. The van der Waals surface area contributed by atoms with Gasteiger partial charge >= 0.3 is 0 Å². The Kier molecular flexibility index (Phi) is 3.70. The van der Waals surface area contributed by atoms with Crippen molar-refractivity contribution in [3.8, 4) is 11.1 Å². The zero-order valence-electron chi connectivity index (χ0n) is 11.6. The molecule has 0 unspecified atom stereocenters. The molecule has 22 heavy (non-hydrogen) atoms. The van der Waals surface area contributed by atoms with Gasteiger partial charge in [0.2, 0.25) is 0 Å². The van der Waals surface area contributed by atoms with Gasteiger partial charge in [-0.15, -0.1) is 0 Å². The highest BCUT2D eigenvalue weighted by Crippen LogP contribution is 2.31. The summed E-state index contributed by atoms with van der Waals surface area (Å²) in [6.07, 6.45) is 3.16. The molecule has 5 heteroatoms. The summed E-state index contributed by atoms with van der Waals surface area (Å²) < 4.78 is 15.1. The summed E-state index contributed by atoms with van der Waals surface area (Å²) in [6.45, 7) is 0.525. The van der Waals surface area contributed by atoms with E-state index in [0.717, 1.165) is 5.56 Å². The molecule has 0 N–H and O–H groups in total. The predicted octanol–water partition coefficient (Wildman–Crippen LogP) is 4.25. The zero-order chi connectivity index (χ0) is 15.5. The van der Waals surface area contributed by atoms with Crippen LogP contribution in [0, 0.1) is 15.9 Å². The van der Waals surface area contributed by atoms with Crippen molar-refractivity contribution >= 4 is 5.69 Å². The topological polar surface area (TPSA) is 48.1 Å². The Morgan fingerprint density at radius 3 is 2.50 bits per heavy atom. The van der Waals surface area contributed by atoms with Gasteiger partial charge in [0.1, 0.15) is 5.82 Å². The fraction of sp³-hybridized carbons (Fsp3) is 0.0588. The molecule has 0 atom stereocenters. The van der Waals surface area contributed by atoms with E-state index in [9.17, 15) is 14.5 Å². The number of nitrogens with zero attached hydrogens (tertiary/aromatic N) is 2. The van der Waals surface area contributed by atoms with Crippen LogP contribution in [0.15, 0.2) is 67.0 Å². The van der Waals surface area contributed by atoms with Crippen LogP contribution in [0.1, 0.15) is 5.56 Å². The normalized spacial score (nSPS) is 10.6. The monoisotopic (exact) mass is 296 g/mol. The molecule has 0 radical (unpaired) electrons. The standard InChI is InChI=1S/C17H13FN2O2/c18-15-8-4-7-14(9-15)16-11-19(12-17(16)20(21)22)10-13-5-2-1-3-6-13/h1-9,11-12H,10H2. The fourth-order valence-electron chi connectivity index (χ4n) is 2.41. The maximum Gasteiger partial charge on any atom is 0.294 e. The first-order chi connectivity index (χ1) is 10.6. The van der Waals surface area contributed by atoms with Crippen molar-refractivity contribution in [2.24, 2.45) is 0 Å². The summed E-state index contributed by atoms with van der Waals surface area (Å²) in [5, 5.41) is 11.2. The first-order valence-electron chi connectivity index (χ1n) is 6.77. The maximum absolute atomic E-state index is 13.4. The van der Waals surface area contributed by atoms with E-state index in [0.29, 0.717) is 17.7 Å². The van der Waals surface area contributed by atoms with E-state index in [-0.39, 0.29) is 5.69 Å². The Balaban J connectivity index is 2.01. The van der Waals surface area contributed by atoms with Gasteiger partial charge < -0.3 is 4.57 Å². The smallest absolute Gasteiger partial charge is 0.294 e. The van der Waals surface area contributed by atoms with Gasteiger partial charge in [0.25, 0.3) is 5.69 Å². The molecule has 0 saturated carbocycles. The summed E-state index contributed by atoms with van der Waals surface area (Å²) in [7, 11) is 0. The summed E-state index contributed by atoms with van der Waals surface area (Å²) in [5.74, 6) is -0.414. The molecule has 4 nitrogen and oxygen atoms in total. The molecule has 0 bridgehead atoms. The number of hydrogen-bond acceptors (Lipinski definition) is 2. The lowest BCUT2D eigenvalue weighted by atomic mass is 10.1. The van der Waals surface area contributed by atoms with Crippen LogP contribution in [0.3, 0.4) is 0 Å². The van der Waals surface area contributed by atoms with E-state index in [1.807, 2.05) is 30.3 Å². The van der Waals surface area contributed by atoms with Crippen LogP contribution < -0.4 is 0 Å². The number of rotatable bonds is 4. The molecular weight excluding hydrogens is 283 g/mol. The number of hydrogen-bond donors (Lipinski definition) is 0. The summed E-state index contributed by atoms with van der Waals surface area (Å²) >= 11 is 0. The molecule has 3 aromatic rings. The van der Waals surface area contributed by atoms with Crippen molar-refractivity contribution in [2.45, 2.75) is 6.54 Å². The predicted molar refractivity (Wildman–Crippen MR) is 82.0 cm³/mol.